The molecule has 16 heavy (non-hydrogen) atoms. The lowest BCUT2D eigenvalue weighted by Crippen LogP contribution is -2.20. The van der Waals surface area contributed by atoms with E-state index in [1.54, 1.807) is 0 Å². The van der Waals surface area contributed by atoms with E-state index in [2.05, 4.69) is 44.7 Å². The van der Waals surface area contributed by atoms with Gasteiger partial charge in [0.15, 0.2) is 0 Å². The first-order chi connectivity index (χ1) is 7.50. The number of likely N-dealkylation sites (N-methyl/N-ethyl adjacent to an activating group) is 1. The third-order valence-corrected chi connectivity index (χ3v) is 3.32. The maximum atomic E-state index is 5.97. The topological polar surface area (TPSA) is 21.1 Å². The van der Waals surface area contributed by atoms with E-state index in [1.165, 1.54) is 5.69 Å². The molecular weight excluding hydrogens is 289 g/mol. The quantitative estimate of drug-likeness (QED) is 0.754. The van der Waals surface area contributed by atoms with Gasteiger partial charge in [-0.2, -0.15) is 5.10 Å². The lowest BCUT2D eigenvalue weighted by atomic mass is 10.2. The van der Waals surface area contributed by atoms with Crippen molar-refractivity contribution in [3.63, 3.8) is 0 Å². The summed E-state index contributed by atoms with van der Waals surface area (Å²) in [5.74, 6) is 0. The Hall–Kier alpha value is -0.0600. The summed E-state index contributed by atoms with van der Waals surface area (Å²) in [7, 11) is 4.14. The van der Waals surface area contributed by atoms with E-state index in [0.717, 1.165) is 30.4 Å². The molecule has 3 nitrogen and oxygen atoms in total. The maximum absolute atomic E-state index is 5.97. The first kappa shape index (κ1) is 14.0. The Labute approximate surface area is 111 Å². The molecule has 0 aliphatic carbocycles. The summed E-state index contributed by atoms with van der Waals surface area (Å²) in [4.78, 5) is 2.16. The standard InChI is InChI=1S/C11H19BrClN3/c1-9(13)4-5-11-10(12)8-14-16(11)7-6-15(2)3/h8-9H,4-7H2,1-3H3. The normalized spacial score (nSPS) is 13.4. The van der Waals surface area contributed by atoms with Gasteiger partial charge in [0.25, 0.3) is 0 Å². The number of hydrogen-bond acceptors (Lipinski definition) is 2. The van der Waals surface area contributed by atoms with E-state index >= 15 is 0 Å². The molecule has 0 aliphatic heterocycles. The second kappa shape index (κ2) is 6.62. The summed E-state index contributed by atoms with van der Waals surface area (Å²) in [6.07, 6.45) is 3.82. The van der Waals surface area contributed by atoms with Gasteiger partial charge in [0.2, 0.25) is 0 Å². The third kappa shape index (κ3) is 4.44. The minimum Gasteiger partial charge on any atom is -0.308 e. The van der Waals surface area contributed by atoms with Gasteiger partial charge in [-0.05, 0) is 49.8 Å². The summed E-state index contributed by atoms with van der Waals surface area (Å²) in [6.45, 7) is 3.94. The van der Waals surface area contributed by atoms with E-state index in [0.29, 0.717) is 0 Å². The summed E-state index contributed by atoms with van der Waals surface area (Å²) < 4.78 is 3.15. The zero-order valence-corrected chi connectivity index (χ0v) is 12.4. The van der Waals surface area contributed by atoms with Gasteiger partial charge in [0, 0.05) is 11.9 Å². The van der Waals surface area contributed by atoms with E-state index < -0.39 is 0 Å². The van der Waals surface area contributed by atoms with Crippen molar-refractivity contribution < 1.29 is 0 Å². The average molecular weight is 309 g/mol. The Morgan fingerprint density at radius 1 is 1.56 bits per heavy atom. The van der Waals surface area contributed by atoms with Crippen LogP contribution in [0.25, 0.3) is 0 Å². The molecule has 1 aromatic heterocycles. The van der Waals surface area contributed by atoms with Gasteiger partial charge in [-0.15, -0.1) is 11.6 Å². The zero-order valence-electron chi connectivity index (χ0n) is 10.1. The van der Waals surface area contributed by atoms with Crippen LogP contribution in [0.5, 0.6) is 0 Å². The summed E-state index contributed by atoms with van der Waals surface area (Å²) in [5.41, 5.74) is 1.24. The molecule has 0 spiro atoms. The molecule has 92 valence electrons. The van der Waals surface area contributed by atoms with Gasteiger partial charge < -0.3 is 4.90 Å². The molecule has 0 amide bonds. The van der Waals surface area contributed by atoms with Crippen LogP contribution in [0.4, 0.5) is 0 Å². The molecule has 0 aliphatic rings. The highest BCUT2D eigenvalue weighted by Crippen LogP contribution is 2.19. The van der Waals surface area contributed by atoms with Crippen LogP contribution < -0.4 is 0 Å². The number of halogens is 2. The van der Waals surface area contributed by atoms with Gasteiger partial charge in [-0.1, -0.05) is 0 Å². The van der Waals surface area contributed by atoms with Crippen molar-refractivity contribution in [1.29, 1.82) is 0 Å². The van der Waals surface area contributed by atoms with Crippen molar-refractivity contribution in [3.05, 3.63) is 16.4 Å². The lowest BCUT2D eigenvalue weighted by Gasteiger charge is -2.12. The van der Waals surface area contributed by atoms with Crippen molar-refractivity contribution in [2.24, 2.45) is 0 Å². The maximum Gasteiger partial charge on any atom is 0.0635 e. The average Bonchev–Trinajstić information content (AvgIpc) is 2.53. The number of hydrogen-bond donors (Lipinski definition) is 0. The fourth-order valence-corrected chi connectivity index (χ4v) is 2.06. The van der Waals surface area contributed by atoms with Crippen LogP contribution in [0, 0.1) is 0 Å². The van der Waals surface area contributed by atoms with Crippen LogP contribution in [0.1, 0.15) is 19.0 Å². The highest BCUT2D eigenvalue weighted by molar-refractivity contribution is 9.10. The number of rotatable bonds is 6. The number of aromatic nitrogens is 2. The molecule has 0 saturated heterocycles. The molecule has 1 unspecified atom stereocenters. The molecule has 1 aromatic rings. The summed E-state index contributed by atoms with van der Waals surface area (Å²) >= 11 is 9.51. The van der Waals surface area contributed by atoms with Crippen molar-refractivity contribution in [1.82, 2.24) is 14.7 Å². The Bertz CT molecular complexity index is 323. The van der Waals surface area contributed by atoms with Crippen molar-refractivity contribution in [2.45, 2.75) is 31.7 Å². The molecule has 0 bridgehead atoms. The third-order valence-electron chi connectivity index (χ3n) is 2.44. The van der Waals surface area contributed by atoms with E-state index in [9.17, 15) is 0 Å². The summed E-state index contributed by atoms with van der Waals surface area (Å²) in [6, 6.07) is 0. The van der Waals surface area contributed by atoms with Crippen LogP contribution in [0.2, 0.25) is 0 Å². The van der Waals surface area contributed by atoms with Crippen molar-refractivity contribution >= 4 is 27.5 Å². The predicted molar refractivity (Wildman–Crippen MR) is 72.1 cm³/mol. The van der Waals surface area contributed by atoms with Gasteiger partial charge >= 0.3 is 0 Å². The molecule has 0 aromatic carbocycles. The van der Waals surface area contributed by atoms with Crippen LogP contribution in [-0.4, -0.2) is 40.7 Å². The molecule has 0 N–H and O–H groups in total. The van der Waals surface area contributed by atoms with E-state index in [1.807, 2.05) is 13.1 Å². The first-order valence-corrected chi connectivity index (χ1v) is 6.72. The SMILES string of the molecule is CC(Cl)CCc1c(Br)cnn1CCN(C)C. The lowest BCUT2D eigenvalue weighted by molar-refractivity contribution is 0.369. The molecular formula is C11H19BrClN3. The fourth-order valence-electron chi connectivity index (χ4n) is 1.46. The first-order valence-electron chi connectivity index (χ1n) is 5.49. The second-order valence-corrected chi connectivity index (χ2v) is 5.88. The second-order valence-electron chi connectivity index (χ2n) is 4.29. The molecule has 1 atom stereocenters. The number of alkyl halides is 1. The van der Waals surface area contributed by atoms with Crippen molar-refractivity contribution in [2.75, 3.05) is 20.6 Å². The van der Waals surface area contributed by atoms with Gasteiger partial charge in [0.05, 0.1) is 22.9 Å². The fraction of sp³-hybridized carbons (Fsp3) is 0.727. The molecule has 1 rings (SSSR count). The molecule has 0 radical (unpaired) electrons. The van der Waals surface area contributed by atoms with Crippen molar-refractivity contribution in [3.8, 4) is 0 Å². The van der Waals surface area contributed by atoms with Crippen LogP contribution >= 0.6 is 27.5 Å². The Balaban J connectivity index is 2.62. The minimum atomic E-state index is 0.212. The van der Waals surface area contributed by atoms with Gasteiger partial charge in [-0.25, -0.2) is 0 Å². The summed E-state index contributed by atoms with van der Waals surface area (Å²) in [5, 5.41) is 4.58. The monoisotopic (exact) mass is 307 g/mol. The highest BCUT2D eigenvalue weighted by Gasteiger charge is 2.09. The van der Waals surface area contributed by atoms with Crippen LogP contribution in [0.3, 0.4) is 0 Å². The zero-order chi connectivity index (χ0) is 12.1. The highest BCUT2D eigenvalue weighted by atomic mass is 79.9. The van der Waals surface area contributed by atoms with Gasteiger partial charge in [0.1, 0.15) is 0 Å². The van der Waals surface area contributed by atoms with Gasteiger partial charge in [-0.3, -0.25) is 4.68 Å². The Morgan fingerprint density at radius 2 is 2.25 bits per heavy atom. The van der Waals surface area contributed by atoms with Crippen LogP contribution in [-0.2, 0) is 13.0 Å². The molecule has 0 fully saturated rings. The molecule has 0 saturated carbocycles. The Kier molecular flexibility index (Phi) is 5.79. The largest absolute Gasteiger partial charge is 0.308 e. The molecule has 5 heteroatoms. The minimum absolute atomic E-state index is 0.212. The predicted octanol–water partition coefficient (Wildman–Crippen LogP) is 2.77. The smallest absolute Gasteiger partial charge is 0.0635 e. The number of nitrogens with zero attached hydrogens (tertiary/aromatic N) is 3. The van der Waals surface area contributed by atoms with E-state index in [4.69, 9.17) is 11.6 Å². The van der Waals surface area contributed by atoms with Crippen LogP contribution in [0.15, 0.2) is 10.7 Å². The van der Waals surface area contributed by atoms with E-state index in [-0.39, 0.29) is 5.38 Å². The Morgan fingerprint density at radius 3 is 2.81 bits per heavy atom. The molecule has 1 heterocycles.